The van der Waals surface area contributed by atoms with E-state index in [2.05, 4.69) is 5.92 Å². The highest BCUT2D eigenvalue weighted by Crippen LogP contribution is 2.30. The second-order valence-corrected chi connectivity index (χ2v) is 7.51. The molecule has 1 saturated heterocycles. The van der Waals surface area contributed by atoms with Crippen molar-refractivity contribution in [3.05, 3.63) is 84.1 Å². The van der Waals surface area contributed by atoms with Gasteiger partial charge in [0, 0.05) is 7.11 Å². The fourth-order valence-electron chi connectivity index (χ4n) is 3.56. The minimum absolute atomic E-state index is 0.260. The van der Waals surface area contributed by atoms with Crippen LogP contribution in [0.1, 0.15) is 18.1 Å². The molecule has 2 aromatic rings. The molecule has 1 aliphatic heterocycles. The quantitative estimate of drug-likeness (QED) is 0.217. The van der Waals surface area contributed by atoms with Gasteiger partial charge in [-0.15, -0.1) is 6.42 Å². The first-order valence-electron chi connectivity index (χ1n) is 11.1. The number of terminal acetylenes is 1. The van der Waals surface area contributed by atoms with Gasteiger partial charge in [0.25, 0.3) is 0 Å². The van der Waals surface area contributed by atoms with Gasteiger partial charge in [0.1, 0.15) is 12.2 Å². The van der Waals surface area contributed by atoms with Crippen LogP contribution >= 0.6 is 0 Å². The molecule has 0 amide bonds. The first kappa shape index (κ1) is 25.5. The SMILES string of the molecule is C#C[C@H]1O[C@H](OC)[C@H](OCc2ccccc2)[C@@H](OCc2ccccc2)[C@@H]1O/C=C/C(=O)OCC. The number of benzene rings is 2. The summed E-state index contributed by atoms with van der Waals surface area (Å²) in [5.74, 6) is 2.07. The van der Waals surface area contributed by atoms with E-state index in [0.29, 0.717) is 13.2 Å². The molecule has 0 radical (unpaired) electrons. The number of hydrogen-bond donors (Lipinski definition) is 0. The first-order valence-corrected chi connectivity index (χ1v) is 11.1. The van der Waals surface area contributed by atoms with Crippen LogP contribution in [0.3, 0.4) is 0 Å². The van der Waals surface area contributed by atoms with Crippen LogP contribution in [0.4, 0.5) is 0 Å². The molecule has 0 unspecified atom stereocenters. The molecule has 0 aromatic heterocycles. The van der Waals surface area contributed by atoms with E-state index >= 15 is 0 Å². The summed E-state index contributed by atoms with van der Waals surface area (Å²) < 4.78 is 34.8. The van der Waals surface area contributed by atoms with E-state index in [9.17, 15) is 4.79 Å². The standard InChI is InChI=1S/C27H30O7/c1-4-22-24(31-17-16-23(28)30-5-2)25(32-18-20-12-8-6-9-13-20)26(27(29-3)34-22)33-19-21-14-10-7-11-15-21/h1,6-17,22,24-27H,5,18-19H2,2-3H3/b17-16+/t22-,24-,25+,26-,27+/m1/s1. The topological polar surface area (TPSA) is 72.5 Å². The van der Waals surface area contributed by atoms with Crippen molar-refractivity contribution in [2.45, 2.75) is 50.8 Å². The molecule has 180 valence electrons. The second kappa shape index (κ2) is 13.5. The molecule has 3 rings (SSSR count). The highest BCUT2D eigenvalue weighted by molar-refractivity contribution is 5.81. The van der Waals surface area contributed by atoms with Gasteiger partial charge in [-0.1, -0.05) is 66.6 Å². The lowest BCUT2D eigenvalue weighted by Crippen LogP contribution is -2.60. The summed E-state index contributed by atoms with van der Waals surface area (Å²) in [5, 5.41) is 0. The molecule has 0 saturated carbocycles. The van der Waals surface area contributed by atoms with Crippen molar-refractivity contribution in [3.8, 4) is 12.3 Å². The Morgan fingerprint density at radius 3 is 2.09 bits per heavy atom. The van der Waals surface area contributed by atoms with Gasteiger partial charge < -0.3 is 28.4 Å². The predicted molar refractivity (Wildman–Crippen MR) is 125 cm³/mol. The molecule has 7 nitrogen and oxygen atoms in total. The van der Waals surface area contributed by atoms with Crippen LogP contribution in [0.15, 0.2) is 73.0 Å². The third-order valence-corrected chi connectivity index (χ3v) is 5.19. The lowest BCUT2D eigenvalue weighted by molar-refractivity contribution is -0.300. The van der Waals surface area contributed by atoms with Crippen molar-refractivity contribution in [2.75, 3.05) is 13.7 Å². The van der Waals surface area contributed by atoms with Crippen molar-refractivity contribution in [3.63, 3.8) is 0 Å². The minimum atomic E-state index is -0.797. The number of carbonyl (C=O) groups is 1. The Morgan fingerprint density at radius 2 is 1.56 bits per heavy atom. The summed E-state index contributed by atoms with van der Waals surface area (Å²) in [4.78, 5) is 11.7. The van der Waals surface area contributed by atoms with Gasteiger partial charge in [0.05, 0.1) is 32.2 Å². The fourth-order valence-corrected chi connectivity index (χ4v) is 3.56. The van der Waals surface area contributed by atoms with Crippen molar-refractivity contribution >= 4 is 5.97 Å². The van der Waals surface area contributed by atoms with E-state index in [0.717, 1.165) is 11.1 Å². The summed E-state index contributed by atoms with van der Waals surface area (Å²) in [5.41, 5.74) is 1.96. The summed E-state index contributed by atoms with van der Waals surface area (Å²) in [6, 6.07) is 19.5. The maximum atomic E-state index is 11.7. The Bertz CT molecular complexity index is 938. The van der Waals surface area contributed by atoms with Gasteiger partial charge in [-0.3, -0.25) is 0 Å². The van der Waals surface area contributed by atoms with E-state index in [-0.39, 0.29) is 6.61 Å². The summed E-state index contributed by atoms with van der Waals surface area (Å²) in [6.45, 7) is 2.59. The van der Waals surface area contributed by atoms with Crippen LogP contribution < -0.4 is 0 Å². The highest BCUT2D eigenvalue weighted by Gasteiger charge is 2.48. The minimum Gasteiger partial charge on any atom is -0.491 e. The molecule has 34 heavy (non-hydrogen) atoms. The van der Waals surface area contributed by atoms with Crippen molar-refractivity contribution in [1.82, 2.24) is 0 Å². The van der Waals surface area contributed by atoms with E-state index < -0.39 is 36.7 Å². The summed E-state index contributed by atoms with van der Waals surface area (Å²) in [7, 11) is 1.52. The van der Waals surface area contributed by atoms with Crippen molar-refractivity contribution < 1.29 is 33.2 Å². The summed E-state index contributed by atoms with van der Waals surface area (Å²) in [6.07, 6.45) is 4.54. The molecular weight excluding hydrogens is 436 g/mol. The van der Waals surface area contributed by atoms with E-state index in [4.69, 9.17) is 34.8 Å². The zero-order chi connectivity index (χ0) is 24.2. The normalized spacial score (nSPS) is 24.4. The Morgan fingerprint density at radius 1 is 0.971 bits per heavy atom. The van der Waals surface area contributed by atoms with Crippen LogP contribution in [0, 0.1) is 12.3 Å². The van der Waals surface area contributed by atoms with E-state index in [1.165, 1.54) is 19.4 Å². The number of rotatable bonds is 11. The maximum Gasteiger partial charge on any atom is 0.333 e. The number of ether oxygens (including phenoxy) is 6. The van der Waals surface area contributed by atoms with Crippen LogP contribution in [0.5, 0.6) is 0 Å². The van der Waals surface area contributed by atoms with Crippen molar-refractivity contribution in [2.24, 2.45) is 0 Å². The smallest absolute Gasteiger partial charge is 0.333 e. The van der Waals surface area contributed by atoms with Gasteiger partial charge >= 0.3 is 5.97 Å². The van der Waals surface area contributed by atoms with Gasteiger partial charge in [0.2, 0.25) is 0 Å². The average molecular weight is 467 g/mol. The molecule has 0 spiro atoms. The number of esters is 1. The second-order valence-electron chi connectivity index (χ2n) is 7.51. The van der Waals surface area contributed by atoms with E-state index in [1.807, 2.05) is 60.7 Å². The van der Waals surface area contributed by atoms with Gasteiger partial charge in [-0.25, -0.2) is 4.79 Å². The largest absolute Gasteiger partial charge is 0.491 e. The first-order chi connectivity index (χ1) is 16.7. The number of methoxy groups -OCH3 is 1. The fraction of sp³-hybridized carbons (Fsp3) is 0.370. The Labute approximate surface area is 200 Å². The Kier molecular flexibility index (Phi) is 10.1. The van der Waals surface area contributed by atoms with Gasteiger partial charge in [-0.05, 0) is 18.1 Å². The third-order valence-electron chi connectivity index (χ3n) is 5.19. The molecule has 0 bridgehead atoms. The molecule has 5 atom stereocenters. The Hall–Kier alpha value is -3.15. The predicted octanol–water partition coefficient (Wildman–Crippen LogP) is 3.62. The molecule has 2 aromatic carbocycles. The molecule has 1 aliphatic rings. The van der Waals surface area contributed by atoms with Crippen LogP contribution in [-0.2, 0) is 46.4 Å². The van der Waals surface area contributed by atoms with Crippen molar-refractivity contribution in [1.29, 1.82) is 0 Å². The lowest BCUT2D eigenvalue weighted by atomic mass is 9.98. The maximum absolute atomic E-state index is 11.7. The molecule has 0 aliphatic carbocycles. The molecule has 0 N–H and O–H groups in total. The van der Waals surface area contributed by atoms with Gasteiger partial charge in [-0.2, -0.15) is 0 Å². The molecule has 7 heteroatoms. The monoisotopic (exact) mass is 466 g/mol. The zero-order valence-corrected chi connectivity index (χ0v) is 19.4. The van der Waals surface area contributed by atoms with Crippen LogP contribution in [0.25, 0.3) is 0 Å². The van der Waals surface area contributed by atoms with Crippen LogP contribution in [0.2, 0.25) is 0 Å². The number of carbonyl (C=O) groups excluding carboxylic acids is 1. The average Bonchev–Trinajstić information content (AvgIpc) is 2.87. The molecular formula is C27H30O7. The van der Waals surface area contributed by atoms with Crippen LogP contribution in [-0.4, -0.2) is 50.4 Å². The summed E-state index contributed by atoms with van der Waals surface area (Å²) >= 11 is 0. The van der Waals surface area contributed by atoms with E-state index in [1.54, 1.807) is 6.92 Å². The van der Waals surface area contributed by atoms with Gasteiger partial charge in [0.15, 0.2) is 18.5 Å². The number of hydrogen-bond acceptors (Lipinski definition) is 7. The highest BCUT2D eigenvalue weighted by atomic mass is 16.7. The molecule has 1 heterocycles. The third kappa shape index (κ3) is 7.17. The lowest BCUT2D eigenvalue weighted by Gasteiger charge is -2.43. The zero-order valence-electron chi connectivity index (χ0n) is 19.4. The Balaban J connectivity index is 1.83. The molecule has 1 fully saturated rings.